The lowest BCUT2D eigenvalue weighted by atomic mass is 10.0. The molecule has 0 fully saturated rings. The largest absolute Gasteiger partial charge is 0.324 e. The zero-order valence-electron chi connectivity index (χ0n) is 11.7. The SMILES string of the molecule is CCn1nc(C)cc1CC(N)c1cc(C)ccc1Br. The zero-order chi connectivity index (χ0) is 14.0. The lowest BCUT2D eigenvalue weighted by Crippen LogP contribution is -2.16. The van der Waals surface area contributed by atoms with Crippen molar-refractivity contribution in [3.05, 3.63) is 51.3 Å². The summed E-state index contributed by atoms with van der Waals surface area (Å²) in [7, 11) is 0. The molecule has 0 saturated heterocycles. The average molecular weight is 322 g/mol. The van der Waals surface area contributed by atoms with Gasteiger partial charge in [-0.25, -0.2) is 0 Å². The minimum atomic E-state index is -0.0179. The van der Waals surface area contributed by atoms with Crippen molar-refractivity contribution in [2.75, 3.05) is 0 Å². The highest BCUT2D eigenvalue weighted by atomic mass is 79.9. The number of aryl methyl sites for hydroxylation is 3. The topological polar surface area (TPSA) is 43.8 Å². The number of hydrogen-bond donors (Lipinski definition) is 1. The maximum atomic E-state index is 6.36. The van der Waals surface area contributed by atoms with Crippen LogP contribution in [0.25, 0.3) is 0 Å². The smallest absolute Gasteiger partial charge is 0.0596 e. The predicted molar refractivity (Wildman–Crippen MR) is 82.1 cm³/mol. The van der Waals surface area contributed by atoms with Gasteiger partial charge in [0.1, 0.15) is 0 Å². The van der Waals surface area contributed by atoms with Gasteiger partial charge in [0.2, 0.25) is 0 Å². The molecule has 1 unspecified atom stereocenters. The third-order valence-electron chi connectivity index (χ3n) is 3.27. The number of halogens is 1. The third kappa shape index (κ3) is 3.25. The van der Waals surface area contributed by atoms with Crippen LogP contribution >= 0.6 is 15.9 Å². The van der Waals surface area contributed by atoms with Gasteiger partial charge in [0.15, 0.2) is 0 Å². The molecule has 3 nitrogen and oxygen atoms in total. The minimum absolute atomic E-state index is 0.0179. The van der Waals surface area contributed by atoms with E-state index >= 15 is 0 Å². The van der Waals surface area contributed by atoms with Crippen molar-refractivity contribution in [2.24, 2.45) is 5.73 Å². The second-order valence-corrected chi connectivity index (χ2v) is 5.78. The summed E-state index contributed by atoms with van der Waals surface area (Å²) in [5, 5.41) is 4.47. The van der Waals surface area contributed by atoms with Crippen LogP contribution in [0, 0.1) is 13.8 Å². The van der Waals surface area contributed by atoms with E-state index in [0.717, 1.165) is 28.7 Å². The molecule has 2 rings (SSSR count). The Kier molecular flexibility index (Phi) is 4.42. The Hall–Kier alpha value is -1.13. The highest BCUT2D eigenvalue weighted by Gasteiger charge is 2.14. The second-order valence-electron chi connectivity index (χ2n) is 4.93. The van der Waals surface area contributed by atoms with Gasteiger partial charge in [0, 0.05) is 29.2 Å². The zero-order valence-corrected chi connectivity index (χ0v) is 13.2. The number of nitrogens with zero attached hydrogens (tertiary/aromatic N) is 2. The van der Waals surface area contributed by atoms with E-state index in [9.17, 15) is 0 Å². The molecule has 2 aromatic rings. The van der Waals surface area contributed by atoms with Gasteiger partial charge >= 0.3 is 0 Å². The molecule has 0 spiro atoms. The Balaban J connectivity index is 2.25. The highest BCUT2D eigenvalue weighted by molar-refractivity contribution is 9.10. The van der Waals surface area contributed by atoms with Gasteiger partial charge in [-0.15, -0.1) is 0 Å². The fraction of sp³-hybridized carbons (Fsp3) is 0.400. The van der Waals surface area contributed by atoms with Crippen molar-refractivity contribution in [1.29, 1.82) is 0 Å². The van der Waals surface area contributed by atoms with Crippen LogP contribution in [-0.2, 0) is 13.0 Å². The first-order chi connectivity index (χ1) is 9.01. The first-order valence-corrected chi connectivity index (χ1v) is 7.35. The molecular weight excluding hydrogens is 302 g/mol. The van der Waals surface area contributed by atoms with Crippen molar-refractivity contribution in [3.8, 4) is 0 Å². The van der Waals surface area contributed by atoms with Crippen molar-refractivity contribution in [2.45, 2.75) is 39.8 Å². The van der Waals surface area contributed by atoms with Gasteiger partial charge in [-0.1, -0.05) is 33.6 Å². The number of hydrogen-bond acceptors (Lipinski definition) is 2. The molecule has 4 heteroatoms. The van der Waals surface area contributed by atoms with Crippen LogP contribution in [0.1, 0.15) is 35.5 Å². The van der Waals surface area contributed by atoms with Crippen LogP contribution < -0.4 is 5.73 Å². The summed E-state index contributed by atoms with van der Waals surface area (Å²) in [6.07, 6.45) is 0.802. The standard InChI is InChI=1S/C15H20BrN3/c1-4-19-12(8-11(3)18-19)9-15(17)13-7-10(2)5-6-14(13)16/h5-8,15H,4,9,17H2,1-3H3. The van der Waals surface area contributed by atoms with Crippen LogP contribution in [0.3, 0.4) is 0 Å². The molecule has 0 aliphatic carbocycles. The van der Waals surface area contributed by atoms with Gasteiger partial charge in [0.05, 0.1) is 5.69 Å². The van der Waals surface area contributed by atoms with Crippen molar-refractivity contribution < 1.29 is 0 Å². The van der Waals surface area contributed by atoms with Gasteiger partial charge in [-0.2, -0.15) is 5.10 Å². The molecule has 1 aromatic heterocycles. The summed E-state index contributed by atoms with van der Waals surface area (Å²) in [4.78, 5) is 0. The Morgan fingerprint density at radius 3 is 2.74 bits per heavy atom. The van der Waals surface area contributed by atoms with E-state index in [1.54, 1.807) is 0 Å². The van der Waals surface area contributed by atoms with Crippen molar-refractivity contribution in [3.63, 3.8) is 0 Å². The molecule has 0 aliphatic heterocycles. The lowest BCUT2D eigenvalue weighted by Gasteiger charge is -2.15. The summed E-state index contributed by atoms with van der Waals surface area (Å²) in [6.45, 7) is 7.09. The molecule has 19 heavy (non-hydrogen) atoms. The highest BCUT2D eigenvalue weighted by Crippen LogP contribution is 2.25. The Morgan fingerprint density at radius 2 is 2.05 bits per heavy atom. The normalized spacial score (nSPS) is 12.7. The first kappa shape index (κ1) is 14.3. The maximum Gasteiger partial charge on any atom is 0.0596 e. The fourth-order valence-corrected chi connectivity index (χ4v) is 2.86. The monoisotopic (exact) mass is 321 g/mol. The number of benzene rings is 1. The average Bonchev–Trinajstić information content (AvgIpc) is 2.72. The minimum Gasteiger partial charge on any atom is -0.324 e. The molecule has 0 saturated carbocycles. The first-order valence-electron chi connectivity index (χ1n) is 6.56. The summed E-state index contributed by atoms with van der Waals surface area (Å²) in [6, 6.07) is 8.39. The molecule has 1 aromatic carbocycles. The number of aromatic nitrogens is 2. The molecule has 0 aliphatic rings. The number of rotatable bonds is 4. The van der Waals surface area contributed by atoms with Crippen LogP contribution in [0.2, 0.25) is 0 Å². The van der Waals surface area contributed by atoms with Crippen LogP contribution in [0.15, 0.2) is 28.7 Å². The Bertz CT molecular complexity index is 575. The van der Waals surface area contributed by atoms with Crippen molar-refractivity contribution in [1.82, 2.24) is 9.78 Å². The lowest BCUT2D eigenvalue weighted by molar-refractivity contribution is 0.586. The van der Waals surface area contributed by atoms with E-state index in [2.05, 4.69) is 59.1 Å². The molecule has 1 heterocycles. The van der Waals surface area contributed by atoms with Crippen LogP contribution in [0.5, 0.6) is 0 Å². The van der Waals surface area contributed by atoms with Gasteiger partial charge in [-0.05, 0) is 38.5 Å². The maximum absolute atomic E-state index is 6.36. The summed E-state index contributed by atoms with van der Waals surface area (Å²) in [5.41, 5.74) is 11.0. The van der Waals surface area contributed by atoms with Crippen LogP contribution in [-0.4, -0.2) is 9.78 Å². The fourth-order valence-electron chi connectivity index (χ4n) is 2.32. The molecule has 0 amide bonds. The van der Waals surface area contributed by atoms with Gasteiger partial charge in [0.25, 0.3) is 0 Å². The van der Waals surface area contributed by atoms with E-state index in [4.69, 9.17) is 5.73 Å². The molecule has 0 bridgehead atoms. The molecule has 1 atom stereocenters. The molecule has 0 radical (unpaired) electrons. The molecular formula is C15H20BrN3. The van der Waals surface area contributed by atoms with E-state index in [0.29, 0.717) is 0 Å². The second kappa shape index (κ2) is 5.88. The van der Waals surface area contributed by atoms with Gasteiger partial charge < -0.3 is 5.73 Å². The molecule has 102 valence electrons. The predicted octanol–water partition coefficient (Wildman–Crippen LogP) is 3.52. The Morgan fingerprint density at radius 1 is 1.32 bits per heavy atom. The number of nitrogens with two attached hydrogens (primary N) is 1. The quantitative estimate of drug-likeness (QED) is 0.936. The van der Waals surface area contributed by atoms with E-state index in [-0.39, 0.29) is 6.04 Å². The van der Waals surface area contributed by atoms with E-state index in [1.165, 1.54) is 11.3 Å². The van der Waals surface area contributed by atoms with Crippen LogP contribution in [0.4, 0.5) is 0 Å². The van der Waals surface area contributed by atoms with Crippen molar-refractivity contribution >= 4 is 15.9 Å². The third-order valence-corrected chi connectivity index (χ3v) is 3.99. The van der Waals surface area contributed by atoms with E-state index < -0.39 is 0 Å². The summed E-state index contributed by atoms with van der Waals surface area (Å²) in [5.74, 6) is 0. The Labute approximate surface area is 122 Å². The van der Waals surface area contributed by atoms with Gasteiger partial charge in [-0.3, -0.25) is 4.68 Å². The summed E-state index contributed by atoms with van der Waals surface area (Å²) < 4.78 is 3.10. The molecule has 2 N–H and O–H groups in total. The van der Waals surface area contributed by atoms with E-state index in [1.807, 2.05) is 11.6 Å². The summed E-state index contributed by atoms with van der Waals surface area (Å²) >= 11 is 3.58.